The molecule has 6 heterocycles. The molecule has 6 aliphatic heterocycles. The molecule has 12 nitrogen and oxygen atoms in total. The smallest absolute Gasteiger partial charge is 0.259 e. The van der Waals surface area contributed by atoms with Crippen LogP contribution < -0.4 is 29.4 Å². The van der Waals surface area contributed by atoms with Crippen molar-refractivity contribution in [3.63, 3.8) is 0 Å². The van der Waals surface area contributed by atoms with Crippen LogP contribution in [-0.2, 0) is 28.8 Å². The fourth-order valence-corrected chi connectivity index (χ4v) is 19.1. The molecule has 0 N–H and O–H groups in total. The number of unbranched alkanes of at least 4 members (excludes halogenated alkanes) is 6. The lowest BCUT2D eigenvalue weighted by Gasteiger charge is -2.25. The Morgan fingerprint density at radius 3 is 0.588 bits per heavy atom. The number of rotatable bonds is 39. The summed E-state index contributed by atoms with van der Waals surface area (Å²) in [5.74, 6) is 0.772. The molecule has 0 bridgehead atoms. The molecule has 114 heavy (non-hydrogen) atoms. The molecule has 0 radical (unpaired) electrons. The van der Waals surface area contributed by atoms with Crippen molar-refractivity contribution in [3.05, 3.63) is 179 Å². The van der Waals surface area contributed by atoms with Crippen LogP contribution in [0, 0.1) is 35.5 Å². The van der Waals surface area contributed by atoms with Gasteiger partial charge < -0.3 is 29.4 Å². The number of hydrogen-bond acceptors (Lipinski definition) is 6. The number of hydrogen-bond donors (Lipinski definition) is 0. The van der Waals surface area contributed by atoms with E-state index in [0.29, 0.717) is 90.5 Å². The van der Waals surface area contributed by atoms with Crippen molar-refractivity contribution in [2.45, 2.75) is 237 Å². The maximum atomic E-state index is 16.0. The van der Waals surface area contributed by atoms with Gasteiger partial charge in [-0.05, 0) is 162 Å². The van der Waals surface area contributed by atoms with Crippen LogP contribution >= 0.6 is 0 Å². The third kappa shape index (κ3) is 16.3. The van der Waals surface area contributed by atoms with E-state index in [-0.39, 0.29) is 53.2 Å². The molecule has 6 amide bonds. The first-order chi connectivity index (χ1) is 55.5. The Morgan fingerprint density at radius 1 is 0.211 bits per heavy atom. The average molecular weight is 1530 g/mol. The molecule has 0 aromatic heterocycles. The Hall–Kier alpha value is -9.42. The Bertz CT molecular complexity index is 4340. The third-order valence-electron chi connectivity index (χ3n) is 26.4. The van der Waals surface area contributed by atoms with E-state index in [4.69, 9.17) is 0 Å². The van der Waals surface area contributed by atoms with Crippen molar-refractivity contribution in [3.8, 4) is 33.4 Å². The van der Waals surface area contributed by atoms with Gasteiger partial charge in [-0.1, -0.05) is 290 Å². The lowest BCUT2D eigenvalue weighted by atomic mass is 9.90. The molecule has 7 aromatic rings. The van der Waals surface area contributed by atoms with Crippen LogP contribution in [0.1, 0.15) is 271 Å². The van der Waals surface area contributed by atoms with Crippen LogP contribution in [0.15, 0.2) is 146 Å². The second-order valence-corrected chi connectivity index (χ2v) is 33.8. The second kappa shape index (κ2) is 37.5. The molecule has 0 spiro atoms. The van der Waals surface area contributed by atoms with Crippen LogP contribution in [0.2, 0.25) is 0 Å². The van der Waals surface area contributed by atoms with E-state index in [9.17, 15) is 0 Å². The van der Waals surface area contributed by atoms with Gasteiger partial charge in [0.25, 0.3) is 35.4 Å². The van der Waals surface area contributed by atoms with E-state index in [2.05, 4.69) is 156 Å². The SMILES string of the molecule is CCCCC(CC)CN1C(=O)/C(=C2\C(=O)N(CC(CC)CCCC)c3cc(-c4cc(-c5ccc6c(c5)N(CC(CC)CCCC)C(=O)/C6=C5/C(=O)N(CC(CC)CCCC)c6ccccc65)cc(-c5ccc6c(c5)N(CC(CC)CCCC)C(=O)/C6=C5/C(=O)N(CC(CC)CCCC)c6ccccc65)c4)ccc32)c2ccccc21. The fourth-order valence-electron chi connectivity index (χ4n) is 19.1. The van der Waals surface area contributed by atoms with E-state index < -0.39 is 0 Å². The topological polar surface area (TPSA) is 122 Å². The summed E-state index contributed by atoms with van der Waals surface area (Å²) in [7, 11) is 0. The number of amides is 6. The summed E-state index contributed by atoms with van der Waals surface area (Å²) in [5, 5.41) is 0. The van der Waals surface area contributed by atoms with Gasteiger partial charge in [-0.15, -0.1) is 0 Å². The number of carbonyl (C=O) groups excluding carboxylic acids is 6. The molecule has 13 rings (SSSR count). The molecule has 6 unspecified atom stereocenters. The molecular weight excluding hydrogens is 1410 g/mol. The average Bonchev–Trinajstić information content (AvgIpc) is 1.57. The van der Waals surface area contributed by atoms with Crippen LogP contribution in [-0.4, -0.2) is 74.7 Å². The minimum Gasteiger partial charge on any atom is -0.307 e. The van der Waals surface area contributed by atoms with Gasteiger partial charge in [0.1, 0.15) is 0 Å². The first kappa shape index (κ1) is 82.6. The van der Waals surface area contributed by atoms with Gasteiger partial charge in [0.2, 0.25) is 0 Å². The summed E-state index contributed by atoms with van der Waals surface area (Å²) in [6.45, 7) is 29.9. The number of nitrogens with zero attached hydrogens (tertiary/aromatic N) is 6. The van der Waals surface area contributed by atoms with Gasteiger partial charge in [0, 0.05) is 72.6 Å². The zero-order valence-electron chi connectivity index (χ0n) is 70.7. The van der Waals surface area contributed by atoms with E-state index >= 15 is 28.8 Å². The second-order valence-electron chi connectivity index (χ2n) is 33.8. The molecule has 6 atom stereocenters. The largest absolute Gasteiger partial charge is 0.307 e. The normalized spacial score (nSPS) is 18.5. The lowest BCUT2D eigenvalue weighted by molar-refractivity contribution is -0.114. The highest BCUT2D eigenvalue weighted by molar-refractivity contribution is 6.52. The molecule has 0 fully saturated rings. The Kier molecular flexibility index (Phi) is 27.1. The van der Waals surface area contributed by atoms with Crippen LogP contribution in [0.5, 0.6) is 0 Å². The summed E-state index contributed by atoms with van der Waals surface area (Å²) in [4.78, 5) is 106. The zero-order chi connectivity index (χ0) is 80.4. The minimum atomic E-state index is -0.150. The molecule has 6 aliphatic rings. The summed E-state index contributed by atoms with van der Waals surface area (Å²) in [6.07, 6.45) is 24.3. The van der Waals surface area contributed by atoms with Gasteiger partial charge in [0.15, 0.2) is 0 Å². The molecule has 0 saturated carbocycles. The summed E-state index contributed by atoms with van der Waals surface area (Å²) >= 11 is 0. The Labute approximate surface area is 681 Å². The first-order valence-corrected chi connectivity index (χ1v) is 44.6. The van der Waals surface area contributed by atoms with Gasteiger partial charge in [0.05, 0.1) is 67.6 Å². The standard InChI is InChI=1S/C102H126N6O6/c1-13-25-37-67(19-7)61-103-85-46-34-31-43-79(85)91(97(103)109)94-82-52-49-73(58-88(82)106(100(94)112)64-70(22-10)40-28-16-4)76-55-77(74-50-53-83-89(59-74)107(65-71(23-11)41-29-17-5)101(113)95(83)92-80-44-32-35-47-86(80)104(98(92)110)62-68(20-8)38-26-14-2)57-78(56-76)75-51-54-84-90(60-75)108(66-72(24-12)42-30-18-6)102(114)96(84)93-81-45-33-36-48-87(81)105(99(93)111)63-69(21-9)39-27-15-3/h31-36,43-60,67-72H,13-30,37-42,61-66H2,1-12H3/b94-91-,95-92+,96-93+. The molecule has 0 saturated heterocycles. The van der Waals surface area contributed by atoms with Crippen LogP contribution in [0.3, 0.4) is 0 Å². The number of carbonyl (C=O) groups is 6. The van der Waals surface area contributed by atoms with E-state index in [1.165, 1.54) is 0 Å². The number of fused-ring (bicyclic) bond motifs is 6. The van der Waals surface area contributed by atoms with E-state index in [0.717, 1.165) is 255 Å². The third-order valence-corrected chi connectivity index (χ3v) is 26.4. The number of anilines is 6. The first-order valence-electron chi connectivity index (χ1n) is 44.6. The van der Waals surface area contributed by atoms with E-state index in [1.54, 1.807) is 0 Å². The van der Waals surface area contributed by atoms with Crippen molar-refractivity contribution in [2.24, 2.45) is 35.5 Å². The number of para-hydroxylation sites is 3. The lowest BCUT2D eigenvalue weighted by Crippen LogP contribution is -2.34. The molecule has 0 aliphatic carbocycles. The molecular formula is C102H126N6O6. The molecule has 7 aromatic carbocycles. The van der Waals surface area contributed by atoms with Gasteiger partial charge >= 0.3 is 0 Å². The van der Waals surface area contributed by atoms with Gasteiger partial charge in [-0.2, -0.15) is 0 Å². The van der Waals surface area contributed by atoms with Crippen LogP contribution in [0.25, 0.3) is 66.8 Å². The Morgan fingerprint density at radius 2 is 0.395 bits per heavy atom. The molecule has 600 valence electrons. The predicted molar refractivity (Wildman–Crippen MR) is 476 cm³/mol. The number of benzene rings is 7. The van der Waals surface area contributed by atoms with Crippen molar-refractivity contribution in [1.29, 1.82) is 0 Å². The van der Waals surface area contributed by atoms with Crippen molar-refractivity contribution in [2.75, 3.05) is 68.7 Å². The zero-order valence-corrected chi connectivity index (χ0v) is 70.7. The maximum absolute atomic E-state index is 16.0. The Balaban J connectivity index is 1.02. The summed E-state index contributed by atoms with van der Waals surface area (Å²) < 4.78 is 0. The quantitative estimate of drug-likeness (QED) is 0.0354. The highest BCUT2D eigenvalue weighted by Gasteiger charge is 2.47. The van der Waals surface area contributed by atoms with Crippen molar-refractivity contribution >= 4 is 103 Å². The highest BCUT2D eigenvalue weighted by Crippen LogP contribution is 2.54. The fraction of sp³-hybridized carbons (Fsp3) is 0.471. The van der Waals surface area contributed by atoms with Gasteiger partial charge in [-0.25, -0.2) is 0 Å². The summed E-state index contributed by atoms with van der Waals surface area (Å²) in [5.41, 5.74) is 17.6. The minimum absolute atomic E-state index is 0.121. The molecule has 12 heteroatoms. The van der Waals surface area contributed by atoms with Gasteiger partial charge in [-0.3, -0.25) is 28.8 Å². The van der Waals surface area contributed by atoms with Crippen molar-refractivity contribution < 1.29 is 28.8 Å². The maximum Gasteiger partial charge on any atom is 0.259 e. The van der Waals surface area contributed by atoms with E-state index in [1.807, 2.05) is 102 Å². The predicted octanol–water partition coefficient (Wildman–Crippen LogP) is 24.8. The van der Waals surface area contributed by atoms with Crippen molar-refractivity contribution in [1.82, 2.24) is 0 Å². The van der Waals surface area contributed by atoms with Crippen LogP contribution in [0.4, 0.5) is 34.1 Å². The highest BCUT2D eigenvalue weighted by atomic mass is 16.2. The summed E-state index contributed by atoms with van der Waals surface area (Å²) in [6, 6.07) is 50.0. The monoisotopic (exact) mass is 1530 g/mol.